The Morgan fingerprint density at radius 3 is 2.24 bits per heavy atom. The van der Waals surface area contributed by atoms with Gasteiger partial charge in [0, 0.05) is 29.4 Å². The maximum absolute atomic E-state index is 11.5. The van der Waals surface area contributed by atoms with Crippen LogP contribution < -0.4 is 11.1 Å². The van der Waals surface area contributed by atoms with Gasteiger partial charge in [-0.15, -0.1) is 0 Å². The zero-order valence-electron chi connectivity index (χ0n) is 15.1. The predicted molar refractivity (Wildman–Crippen MR) is 106 cm³/mol. The molecule has 0 aliphatic carbocycles. The minimum atomic E-state index is -2.27. The number of carbonyl (C=O) groups excluding carboxylic acids is 1. The van der Waals surface area contributed by atoms with E-state index in [9.17, 15) is 19.5 Å². The summed E-state index contributed by atoms with van der Waals surface area (Å²) in [5, 5.41) is 45.7. The molecule has 1 heterocycles. The van der Waals surface area contributed by atoms with Crippen LogP contribution in [-0.4, -0.2) is 78.9 Å². The van der Waals surface area contributed by atoms with Crippen molar-refractivity contribution in [1.29, 1.82) is 0 Å². The predicted octanol–water partition coefficient (Wildman–Crippen LogP) is -1.33. The summed E-state index contributed by atoms with van der Waals surface area (Å²) in [7, 11) is 0. The zero-order chi connectivity index (χ0) is 22.1. The van der Waals surface area contributed by atoms with Crippen molar-refractivity contribution in [2.45, 2.75) is 24.7 Å². The van der Waals surface area contributed by atoms with Gasteiger partial charge in [0.15, 0.2) is 12.2 Å². The van der Waals surface area contributed by atoms with Crippen LogP contribution in [0.1, 0.15) is 5.56 Å². The fourth-order valence-corrected chi connectivity index (χ4v) is 2.34. The summed E-state index contributed by atoms with van der Waals surface area (Å²) in [6.45, 7) is 0.503. The summed E-state index contributed by atoms with van der Waals surface area (Å²) in [5.74, 6) is -3.18. The monoisotopic (exact) mass is 429 g/mol. The molecule has 12 heteroatoms. The smallest absolute Gasteiger partial charge is 0.335 e. The Morgan fingerprint density at radius 2 is 1.72 bits per heavy atom. The second-order valence-electron chi connectivity index (χ2n) is 5.94. The second kappa shape index (κ2) is 11.3. The van der Waals surface area contributed by atoms with Gasteiger partial charge in [0.2, 0.25) is 5.91 Å². The molecule has 0 aliphatic rings. The van der Waals surface area contributed by atoms with E-state index in [1.807, 2.05) is 12.3 Å². The van der Waals surface area contributed by atoms with Gasteiger partial charge in [-0.05, 0) is 30.2 Å². The number of fused-ring (bicyclic) bond motifs is 1. The summed E-state index contributed by atoms with van der Waals surface area (Å²) < 4.78 is 0. The lowest BCUT2D eigenvalue weighted by atomic mass is 10.1. The molecule has 9 N–H and O–H groups in total. The van der Waals surface area contributed by atoms with E-state index in [-0.39, 0.29) is 11.7 Å². The van der Waals surface area contributed by atoms with Gasteiger partial charge < -0.3 is 41.6 Å². The molecule has 0 spiro atoms. The van der Waals surface area contributed by atoms with E-state index in [0.29, 0.717) is 18.7 Å². The van der Waals surface area contributed by atoms with Crippen LogP contribution in [0.25, 0.3) is 10.9 Å². The fraction of sp³-hybridized carbons (Fsp3) is 0.353. The molecule has 0 saturated heterocycles. The topological polar surface area (TPSA) is 206 Å². The van der Waals surface area contributed by atoms with Crippen LogP contribution in [0.3, 0.4) is 0 Å². The Labute approximate surface area is 170 Å². The highest BCUT2D eigenvalue weighted by Gasteiger charge is 2.29. The zero-order valence-corrected chi connectivity index (χ0v) is 16.0. The van der Waals surface area contributed by atoms with Crippen LogP contribution in [0.5, 0.6) is 5.75 Å². The molecule has 11 nitrogen and oxygen atoms in total. The average Bonchev–Trinajstić information content (AvgIpc) is 3.08. The Kier molecular flexibility index (Phi) is 9.41. The van der Waals surface area contributed by atoms with Crippen molar-refractivity contribution in [1.82, 2.24) is 10.3 Å². The molecule has 0 aliphatic heterocycles. The second-order valence-corrected chi connectivity index (χ2v) is 6.31. The first kappa shape index (κ1) is 24.2. The number of aliphatic hydroxyl groups excluding tert-OH is 2. The number of aliphatic hydroxyl groups is 2. The number of nitrogens with one attached hydrogen (secondary N) is 2. The van der Waals surface area contributed by atoms with E-state index in [4.69, 9.17) is 26.2 Å². The number of benzene rings is 1. The highest BCUT2D eigenvalue weighted by molar-refractivity contribution is 7.80. The van der Waals surface area contributed by atoms with Crippen molar-refractivity contribution in [3.8, 4) is 5.75 Å². The van der Waals surface area contributed by atoms with Gasteiger partial charge >= 0.3 is 11.9 Å². The summed E-state index contributed by atoms with van der Waals surface area (Å²) in [4.78, 5) is 34.2. The molecule has 2 aromatic rings. The SMILES string of the molecule is N[C@@H](CS)C(=O)NCCc1c[nH]c2ccc(O)cc12.O=C(O)C(O)C(O)C(=O)O. The molecule has 0 radical (unpaired) electrons. The first-order valence-corrected chi connectivity index (χ1v) is 8.96. The number of hydrogen-bond acceptors (Lipinski definition) is 8. The molecule has 0 saturated carbocycles. The van der Waals surface area contributed by atoms with E-state index >= 15 is 0 Å². The number of thiol groups is 1. The minimum absolute atomic E-state index is 0.197. The molecule has 2 rings (SSSR count). The Morgan fingerprint density at radius 1 is 1.14 bits per heavy atom. The quantitative estimate of drug-likeness (QED) is 0.227. The molecule has 0 bridgehead atoms. The normalized spacial score (nSPS) is 13.7. The van der Waals surface area contributed by atoms with Gasteiger partial charge in [-0.1, -0.05) is 0 Å². The third-order valence-corrected chi connectivity index (χ3v) is 4.18. The Hall–Kier alpha value is -2.80. The van der Waals surface area contributed by atoms with Gasteiger partial charge in [0.25, 0.3) is 0 Å². The number of H-pyrrole nitrogens is 1. The molecule has 1 aromatic heterocycles. The molecule has 2 unspecified atom stereocenters. The van der Waals surface area contributed by atoms with E-state index in [1.54, 1.807) is 12.1 Å². The number of amides is 1. The molecule has 1 aromatic carbocycles. The van der Waals surface area contributed by atoms with Crippen molar-refractivity contribution < 1.29 is 39.9 Å². The van der Waals surface area contributed by atoms with Crippen LogP contribution in [0.2, 0.25) is 0 Å². The third kappa shape index (κ3) is 7.27. The number of nitrogens with two attached hydrogens (primary N) is 1. The average molecular weight is 429 g/mol. The van der Waals surface area contributed by atoms with E-state index < -0.39 is 30.2 Å². The molecule has 1 amide bonds. The molecule has 160 valence electrons. The summed E-state index contributed by atoms with van der Waals surface area (Å²) in [5.41, 5.74) is 7.57. The first-order valence-electron chi connectivity index (χ1n) is 8.33. The van der Waals surface area contributed by atoms with Crippen LogP contribution >= 0.6 is 12.6 Å². The number of phenolic OH excluding ortho intramolecular Hbond substituents is 1. The van der Waals surface area contributed by atoms with Crippen LogP contribution in [0, 0.1) is 0 Å². The third-order valence-electron chi connectivity index (χ3n) is 3.78. The maximum atomic E-state index is 11.5. The van der Waals surface area contributed by atoms with Crippen LogP contribution in [-0.2, 0) is 20.8 Å². The highest BCUT2D eigenvalue weighted by atomic mass is 32.1. The van der Waals surface area contributed by atoms with E-state index in [1.165, 1.54) is 0 Å². The van der Waals surface area contributed by atoms with Gasteiger partial charge in [0.1, 0.15) is 5.75 Å². The van der Waals surface area contributed by atoms with Gasteiger partial charge in [-0.25, -0.2) is 9.59 Å². The van der Waals surface area contributed by atoms with Gasteiger partial charge in [0.05, 0.1) is 6.04 Å². The van der Waals surface area contributed by atoms with Crippen molar-refractivity contribution >= 4 is 41.4 Å². The summed E-state index contributed by atoms with van der Waals surface area (Å²) in [6.07, 6.45) is -1.97. The number of rotatable bonds is 8. The lowest BCUT2D eigenvalue weighted by molar-refractivity contribution is -0.165. The van der Waals surface area contributed by atoms with E-state index in [0.717, 1.165) is 16.5 Å². The number of carboxylic acids is 2. The van der Waals surface area contributed by atoms with Gasteiger partial charge in [-0.3, -0.25) is 4.79 Å². The summed E-state index contributed by atoms with van der Waals surface area (Å²) >= 11 is 3.98. The number of carbonyl (C=O) groups is 3. The maximum Gasteiger partial charge on any atom is 0.335 e. The number of aromatic nitrogens is 1. The number of phenols is 1. The standard InChI is InChI=1S/C13H17N3O2S.C4H6O6/c14-11(7-19)13(18)15-4-3-8-6-16-12-2-1-9(17)5-10(8)12;5-1(3(7)8)2(6)4(9)10/h1-2,5-6,11,16-17,19H,3-4,7,14H2,(H,15,18);1-2,5-6H,(H,7,8)(H,9,10)/t11-;/m0./s1. The van der Waals surface area contributed by atoms with Crippen molar-refractivity contribution in [2.75, 3.05) is 12.3 Å². The molecule has 3 atom stereocenters. The molecular weight excluding hydrogens is 406 g/mol. The number of carboxylic acid groups (broad SMARTS) is 2. The Balaban J connectivity index is 0.000000359. The fourth-order valence-electron chi connectivity index (χ4n) is 2.18. The lowest BCUT2D eigenvalue weighted by Crippen LogP contribution is -2.42. The summed E-state index contributed by atoms with van der Waals surface area (Å²) in [6, 6.07) is 4.60. The van der Waals surface area contributed by atoms with Crippen molar-refractivity contribution in [2.24, 2.45) is 5.73 Å². The van der Waals surface area contributed by atoms with Crippen LogP contribution in [0.15, 0.2) is 24.4 Å². The van der Waals surface area contributed by atoms with Crippen molar-refractivity contribution in [3.63, 3.8) is 0 Å². The molecule has 29 heavy (non-hydrogen) atoms. The number of aromatic amines is 1. The minimum Gasteiger partial charge on any atom is -0.508 e. The van der Waals surface area contributed by atoms with Crippen LogP contribution in [0.4, 0.5) is 0 Å². The largest absolute Gasteiger partial charge is 0.508 e. The van der Waals surface area contributed by atoms with Gasteiger partial charge in [-0.2, -0.15) is 12.6 Å². The van der Waals surface area contributed by atoms with E-state index in [2.05, 4.69) is 22.9 Å². The number of aromatic hydroxyl groups is 1. The highest BCUT2D eigenvalue weighted by Crippen LogP contribution is 2.22. The Bertz CT molecular complexity index is 838. The molecule has 0 fully saturated rings. The lowest BCUT2D eigenvalue weighted by Gasteiger charge is -2.09. The number of hydrogen-bond donors (Lipinski definition) is 9. The molecular formula is C17H23N3O8S. The number of aliphatic carboxylic acids is 2. The first-order chi connectivity index (χ1) is 13.6. The van der Waals surface area contributed by atoms with Crippen molar-refractivity contribution in [3.05, 3.63) is 30.0 Å².